The summed E-state index contributed by atoms with van der Waals surface area (Å²) in [6.45, 7) is 5.79. The molecule has 1 rings (SSSR count). The van der Waals surface area contributed by atoms with Crippen LogP contribution in [0.4, 0.5) is 0 Å². The Morgan fingerprint density at radius 3 is 2.41 bits per heavy atom. The molecule has 2 N–H and O–H groups in total. The van der Waals surface area contributed by atoms with E-state index in [4.69, 9.17) is 10.6 Å². The van der Waals surface area contributed by atoms with E-state index >= 15 is 0 Å². The van der Waals surface area contributed by atoms with Crippen LogP contribution in [0.1, 0.15) is 29.5 Å². The number of carbonyl (C=O) groups excluding carboxylic acids is 1. The molecule has 0 heterocycles. The van der Waals surface area contributed by atoms with Crippen molar-refractivity contribution in [1.82, 2.24) is 5.01 Å². The summed E-state index contributed by atoms with van der Waals surface area (Å²) in [6, 6.07) is 3.94. The molecule has 0 fully saturated rings. The van der Waals surface area contributed by atoms with Crippen molar-refractivity contribution in [2.24, 2.45) is 5.84 Å². The van der Waals surface area contributed by atoms with Crippen molar-refractivity contribution in [1.29, 1.82) is 0 Å². The average molecular weight is 236 g/mol. The Kier molecular flexibility index (Phi) is 4.12. The summed E-state index contributed by atoms with van der Waals surface area (Å²) < 4.78 is 5.25. The quantitative estimate of drug-likeness (QED) is 0.494. The number of nitrogens with zero attached hydrogens (tertiary/aromatic N) is 1. The van der Waals surface area contributed by atoms with E-state index in [-0.39, 0.29) is 11.8 Å². The Hall–Kier alpha value is -1.55. The first-order chi connectivity index (χ1) is 7.88. The van der Waals surface area contributed by atoms with E-state index in [1.54, 1.807) is 14.2 Å². The number of methoxy groups -OCH3 is 1. The van der Waals surface area contributed by atoms with Crippen LogP contribution in [0.15, 0.2) is 12.1 Å². The number of likely N-dealkylation sites (N-methyl/N-ethyl adjacent to an activating group) is 1. The number of nitrogens with two attached hydrogens (primary N) is 1. The summed E-state index contributed by atoms with van der Waals surface area (Å²) in [4.78, 5) is 11.8. The lowest BCUT2D eigenvalue weighted by Gasteiger charge is -2.19. The van der Waals surface area contributed by atoms with Gasteiger partial charge in [0.15, 0.2) is 0 Å². The monoisotopic (exact) mass is 236 g/mol. The summed E-state index contributed by atoms with van der Waals surface area (Å²) in [5.74, 6) is 5.98. The second-order valence-electron chi connectivity index (χ2n) is 4.35. The Labute approximate surface area is 102 Å². The molecule has 1 aromatic rings. The number of carbonyl (C=O) groups is 1. The number of rotatable bonds is 3. The van der Waals surface area contributed by atoms with Gasteiger partial charge in [-0.25, -0.2) is 5.84 Å². The minimum atomic E-state index is -0.241. The third-order valence-corrected chi connectivity index (χ3v) is 2.97. The van der Waals surface area contributed by atoms with Crippen molar-refractivity contribution in [3.05, 3.63) is 28.8 Å². The summed E-state index contributed by atoms with van der Waals surface area (Å²) in [5.41, 5.74) is 3.05. The maximum Gasteiger partial charge on any atom is 0.243 e. The van der Waals surface area contributed by atoms with Gasteiger partial charge in [0.25, 0.3) is 0 Å². The van der Waals surface area contributed by atoms with Crippen LogP contribution in [0.5, 0.6) is 5.75 Å². The van der Waals surface area contributed by atoms with E-state index in [2.05, 4.69) is 0 Å². The highest BCUT2D eigenvalue weighted by atomic mass is 16.5. The zero-order valence-corrected chi connectivity index (χ0v) is 11.1. The van der Waals surface area contributed by atoms with E-state index < -0.39 is 0 Å². The van der Waals surface area contributed by atoms with Crippen LogP contribution >= 0.6 is 0 Å². The molecule has 0 aliphatic carbocycles. The summed E-state index contributed by atoms with van der Waals surface area (Å²) in [6.07, 6.45) is 0. The molecule has 1 amide bonds. The first-order valence-electron chi connectivity index (χ1n) is 5.55. The predicted octanol–water partition coefficient (Wildman–Crippen LogP) is 1.75. The van der Waals surface area contributed by atoms with Crippen molar-refractivity contribution in [2.75, 3.05) is 14.2 Å². The van der Waals surface area contributed by atoms with Crippen LogP contribution < -0.4 is 10.6 Å². The Morgan fingerprint density at radius 1 is 1.35 bits per heavy atom. The molecule has 0 bridgehead atoms. The second-order valence-corrected chi connectivity index (χ2v) is 4.35. The molecule has 0 saturated heterocycles. The van der Waals surface area contributed by atoms with Gasteiger partial charge in [0.2, 0.25) is 5.91 Å². The molecule has 94 valence electrons. The standard InChI is InChI=1S/C13H20N2O2/c1-8-7-12(17-5)9(2)6-11(8)10(3)13(16)15(4)14/h6-7,10H,14H2,1-5H3. The maximum absolute atomic E-state index is 11.8. The highest BCUT2D eigenvalue weighted by Gasteiger charge is 2.20. The summed E-state index contributed by atoms with van der Waals surface area (Å²) in [5, 5.41) is 1.13. The average Bonchev–Trinajstić information content (AvgIpc) is 2.29. The first kappa shape index (κ1) is 13.5. The van der Waals surface area contributed by atoms with Crippen molar-refractivity contribution in [3.8, 4) is 5.75 Å². The Balaban J connectivity index is 3.15. The lowest BCUT2D eigenvalue weighted by atomic mass is 9.93. The largest absolute Gasteiger partial charge is 0.496 e. The fourth-order valence-corrected chi connectivity index (χ4v) is 1.94. The molecule has 1 aromatic carbocycles. The zero-order valence-electron chi connectivity index (χ0n) is 11.1. The van der Waals surface area contributed by atoms with Gasteiger partial charge in [-0.2, -0.15) is 0 Å². The third kappa shape index (κ3) is 2.77. The molecular weight excluding hydrogens is 216 g/mol. The molecule has 0 aromatic heterocycles. The van der Waals surface area contributed by atoms with Crippen LogP contribution in [0, 0.1) is 13.8 Å². The molecule has 0 radical (unpaired) electrons. The molecule has 4 heteroatoms. The summed E-state index contributed by atoms with van der Waals surface area (Å²) >= 11 is 0. The minimum absolute atomic E-state index is 0.0994. The number of hydrazine groups is 1. The molecule has 4 nitrogen and oxygen atoms in total. The van der Waals surface area contributed by atoms with Crippen molar-refractivity contribution >= 4 is 5.91 Å². The predicted molar refractivity (Wildman–Crippen MR) is 67.8 cm³/mol. The SMILES string of the molecule is COc1cc(C)c(C(C)C(=O)N(C)N)cc1C. The van der Waals surface area contributed by atoms with Gasteiger partial charge in [-0.1, -0.05) is 6.07 Å². The van der Waals surface area contributed by atoms with Gasteiger partial charge >= 0.3 is 0 Å². The van der Waals surface area contributed by atoms with E-state index in [1.807, 2.05) is 32.9 Å². The van der Waals surface area contributed by atoms with Gasteiger partial charge < -0.3 is 4.74 Å². The molecule has 0 saturated carbocycles. The number of hydrogen-bond donors (Lipinski definition) is 1. The van der Waals surface area contributed by atoms with E-state index in [0.717, 1.165) is 27.4 Å². The van der Waals surface area contributed by atoms with Crippen molar-refractivity contribution in [2.45, 2.75) is 26.7 Å². The smallest absolute Gasteiger partial charge is 0.243 e. The minimum Gasteiger partial charge on any atom is -0.496 e. The Bertz CT molecular complexity index is 428. The van der Waals surface area contributed by atoms with Crippen LogP contribution in [-0.4, -0.2) is 25.1 Å². The van der Waals surface area contributed by atoms with Gasteiger partial charge in [-0.05, 0) is 43.5 Å². The van der Waals surface area contributed by atoms with Crippen molar-refractivity contribution < 1.29 is 9.53 Å². The number of ether oxygens (including phenoxy) is 1. The second kappa shape index (κ2) is 5.19. The van der Waals surface area contributed by atoms with Crippen LogP contribution in [0.25, 0.3) is 0 Å². The molecule has 0 aliphatic heterocycles. The molecule has 1 unspecified atom stereocenters. The number of benzene rings is 1. The van der Waals surface area contributed by atoms with Gasteiger partial charge in [0.1, 0.15) is 5.75 Å². The van der Waals surface area contributed by atoms with Gasteiger partial charge in [0.05, 0.1) is 13.0 Å². The van der Waals surface area contributed by atoms with Crippen LogP contribution in [0.2, 0.25) is 0 Å². The molecular formula is C13H20N2O2. The molecule has 1 atom stereocenters. The van der Waals surface area contributed by atoms with E-state index in [9.17, 15) is 4.79 Å². The zero-order chi connectivity index (χ0) is 13.2. The highest BCUT2D eigenvalue weighted by molar-refractivity contribution is 5.83. The lowest BCUT2D eigenvalue weighted by Crippen LogP contribution is -2.36. The first-order valence-corrected chi connectivity index (χ1v) is 5.55. The fraction of sp³-hybridized carbons (Fsp3) is 0.462. The lowest BCUT2D eigenvalue weighted by molar-refractivity contribution is -0.131. The number of hydrogen-bond acceptors (Lipinski definition) is 3. The number of aryl methyl sites for hydroxylation is 2. The van der Waals surface area contributed by atoms with E-state index in [1.165, 1.54) is 0 Å². The Morgan fingerprint density at radius 2 is 1.94 bits per heavy atom. The molecule has 17 heavy (non-hydrogen) atoms. The number of amides is 1. The third-order valence-electron chi connectivity index (χ3n) is 2.97. The normalized spacial score (nSPS) is 12.1. The summed E-state index contributed by atoms with van der Waals surface area (Å²) in [7, 11) is 3.20. The van der Waals surface area contributed by atoms with Crippen molar-refractivity contribution in [3.63, 3.8) is 0 Å². The van der Waals surface area contributed by atoms with Gasteiger partial charge in [-0.3, -0.25) is 9.80 Å². The van der Waals surface area contributed by atoms with Gasteiger partial charge in [-0.15, -0.1) is 0 Å². The van der Waals surface area contributed by atoms with E-state index in [0.29, 0.717) is 0 Å². The van der Waals surface area contributed by atoms with Crippen LogP contribution in [0.3, 0.4) is 0 Å². The highest BCUT2D eigenvalue weighted by Crippen LogP contribution is 2.28. The topological polar surface area (TPSA) is 55.6 Å². The molecule has 0 aliphatic rings. The van der Waals surface area contributed by atoms with Crippen LogP contribution in [-0.2, 0) is 4.79 Å². The molecule has 0 spiro atoms. The van der Waals surface area contributed by atoms with Gasteiger partial charge in [0, 0.05) is 7.05 Å². The fourth-order valence-electron chi connectivity index (χ4n) is 1.94. The maximum atomic E-state index is 11.8.